The number of carbonyl (C=O) groups is 1. The quantitative estimate of drug-likeness (QED) is 0.694. The molecule has 2 aromatic carbocycles. The van der Waals surface area contributed by atoms with Gasteiger partial charge in [-0.05, 0) is 41.5 Å². The molecule has 6 nitrogen and oxygen atoms in total. The highest BCUT2D eigenvalue weighted by atomic mass is 16.5. The van der Waals surface area contributed by atoms with Gasteiger partial charge in [0.05, 0.1) is 13.7 Å². The first-order chi connectivity index (χ1) is 15.2. The number of benzene rings is 2. The van der Waals surface area contributed by atoms with Crippen LogP contribution >= 0.6 is 0 Å². The van der Waals surface area contributed by atoms with Gasteiger partial charge in [0.15, 0.2) is 0 Å². The van der Waals surface area contributed by atoms with Crippen LogP contribution in [0.2, 0.25) is 0 Å². The van der Waals surface area contributed by atoms with Crippen LogP contribution in [0.1, 0.15) is 27.4 Å². The smallest absolute Gasteiger partial charge is 0.258 e. The minimum atomic E-state index is -0.0259. The van der Waals surface area contributed by atoms with Crippen molar-refractivity contribution in [3.63, 3.8) is 0 Å². The maximum Gasteiger partial charge on any atom is 0.258 e. The maximum absolute atomic E-state index is 13.4. The summed E-state index contributed by atoms with van der Waals surface area (Å²) in [4.78, 5) is 21.6. The Hall–Kier alpha value is -3.22. The lowest BCUT2D eigenvalue weighted by molar-refractivity contribution is -0.0488. The highest BCUT2D eigenvalue weighted by Gasteiger charge is 2.53. The van der Waals surface area contributed by atoms with E-state index in [4.69, 9.17) is 4.74 Å². The Morgan fingerprint density at radius 2 is 1.94 bits per heavy atom. The first-order valence-electron chi connectivity index (χ1n) is 10.5. The number of hydrogen-bond donors (Lipinski definition) is 1. The monoisotopic (exact) mass is 415 g/mol. The molecule has 1 amide bonds. The second-order valence-corrected chi connectivity index (χ2v) is 8.08. The van der Waals surface area contributed by atoms with E-state index in [2.05, 4.69) is 22.0 Å². The van der Waals surface area contributed by atoms with Gasteiger partial charge < -0.3 is 14.7 Å². The van der Waals surface area contributed by atoms with E-state index >= 15 is 0 Å². The highest BCUT2D eigenvalue weighted by molar-refractivity contribution is 6.07. The first-order valence-corrected chi connectivity index (χ1v) is 10.5. The molecule has 1 fully saturated rings. The number of aliphatic hydroxyl groups excluding tert-OH is 1. The van der Waals surface area contributed by atoms with Crippen LogP contribution in [-0.4, -0.2) is 53.2 Å². The van der Waals surface area contributed by atoms with E-state index in [9.17, 15) is 9.90 Å². The standard InChI is InChI=1S/C25H25N3O3/c1-31-19-6-4-5-17(13-19)14-27-22-15-28(25(30)18-9-11-26-12-10-18)21-8-3-2-7-20(21)24(22)23(27)16-29/h2-13,22-24,29H,14-16H2,1H3/t22-,23+,24+/m0/s1. The molecular weight excluding hydrogens is 390 g/mol. The predicted octanol–water partition coefficient (Wildman–Crippen LogP) is 3.08. The average Bonchev–Trinajstić information content (AvgIpc) is 2.83. The molecule has 1 N–H and O–H groups in total. The van der Waals surface area contributed by atoms with Crippen molar-refractivity contribution >= 4 is 11.6 Å². The number of aliphatic hydroxyl groups is 1. The molecule has 2 aliphatic rings. The SMILES string of the molecule is COc1cccc(CN2[C@H](CO)[C@@H]3c4ccccc4N(C(=O)c4ccncc4)C[C@@H]32)c1. The van der Waals surface area contributed by atoms with Crippen LogP contribution in [0.4, 0.5) is 5.69 Å². The van der Waals surface area contributed by atoms with Crippen molar-refractivity contribution < 1.29 is 14.6 Å². The van der Waals surface area contributed by atoms with E-state index in [1.807, 2.05) is 41.3 Å². The summed E-state index contributed by atoms with van der Waals surface area (Å²) in [5, 5.41) is 10.2. The molecule has 1 aromatic heterocycles. The molecule has 3 aromatic rings. The molecule has 0 bridgehead atoms. The fourth-order valence-corrected chi connectivity index (χ4v) is 5.02. The molecule has 158 valence electrons. The van der Waals surface area contributed by atoms with E-state index in [0.717, 1.165) is 22.6 Å². The molecule has 1 saturated heterocycles. The van der Waals surface area contributed by atoms with E-state index < -0.39 is 0 Å². The van der Waals surface area contributed by atoms with Gasteiger partial charge >= 0.3 is 0 Å². The number of pyridine rings is 1. The van der Waals surface area contributed by atoms with Crippen LogP contribution in [-0.2, 0) is 6.54 Å². The fourth-order valence-electron chi connectivity index (χ4n) is 5.02. The zero-order chi connectivity index (χ0) is 21.4. The highest BCUT2D eigenvalue weighted by Crippen LogP contribution is 2.49. The van der Waals surface area contributed by atoms with Crippen LogP contribution < -0.4 is 9.64 Å². The normalized spacial score (nSPS) is 22.3. The van der Waals surface area contributed by atoms with Gasteiger partial charge in [-0.1, -0.05) is 30.3 Å². The van der Waals surface area contributed by atoms with Gasteiger partial charge in [0, 0.05) is 54.7 Å². The number of para-hydroxylation sites is 1. The molecule has 2 aliphatic heterocycles. The second kappa shape index (κ2) is 8.13. The van der Waals surface area contributed by atoms with Crippen LogP contribution in [0.25, 0.3) is 0 Å². The van der Waals surface area contributed by atoms with Crippen LogP contribution in [0, 0.1) is 0 Å². The molecule has 3 atom stereocenters. The zero-order valence-corrected chi connectivity index (χ0v) is 17.4. The summed E-state index contributed by atoms with van der Waals surface area (Å²) in [6.45, 7) is 1.37. The van der Waals surface area contributed by atoms with Crippen molar-refractivity contribution in [1.82, 2.24) is 9.88 Å². The summed E-state index contributed by atoms with van der Waals surface area (Å²) >= 11 is 0. The lowest BCUT2D eigenvalue weighted by atomic mass is 9.71. The van der Waals surface area contributed by atoms with Gasteiger partial charge in [0.25, 0.3) is 5.91 Å². The Labute approximate surface area is 181 Å². The van der Waals surface area contributed by atoms with Crippen molar-refractivity contribution in [2.75, 3.05) is 25.2 Å². The largest absolute Gasteiger partial charge is 0.497 e. The zero-order valence-electron chi connectivity index (χ0n) is 17.4. The minimum absolute atomic E-state index is 0.0236. The van der Waals surface area contributed by atoms with E-state index in [-0.39, 0.29) is 30.5 Å². The molecule has 0 radical (unpaired) electrons. The third-order valence-corrected chi connectivity index (χ3v) is 6.50. The third kappa shape index (κ3) is 3.38. The second-order valence-electron chi connectivity index (χ2n) is 8.08. The molecule has 0 aliphatic carbocycles. The van der Waals surface area contributed by atoms with E-state index in [1.165, 1.54) is 0 Å². The Morgan fingerprint density at radius 1 is 1.13 bits per heavy atom. The Balaban J connectivity index is 1.48. The average molecular weight is 415 g/mol. The summed E-state index contributed by atoms with van der Waals surface area (Å²) in [6, 6.07) is 19.7. The van der Waals surface area contributed by atoms with Crippen molar-refractivity contribution in [1.29, 1.82) is 0 Å². The Bertz CT molecular complexity index is 1090. The van der Waals surface area contributed by atoms with Crippen LogP contribution in [0.5, 0.6) is 5.75 Å². The minimum Gasteiger partial charge on any atom is -0.497 e. The van der Waals surface area contributed by atoms with Crippen LogP contribution in [0.15, 0.2) is 73.1 Å². The number of carbonyl (C=O) groups excluding carboxylic acids is 1. The number of fused-ring (bicyclic) bond motifs is 3. The number of aromatic nitrogens is 1. The summed E-state index contributed by atoms with van der Waals surface area (Å²) in [5.41, 5.74) is 3.81. The summed E-state index contributed by atoms with van der Waals surface area (Å²) < 4.78 is 5.37. The number of ether oxygens (including phenoxy) is 1. The number of likely N-dealkylation sites (tertiary alicyclic amines) is 1. The maximum atomic E-state index is 13.4. The number of rotatable bonds is 5. The first kappa shape index (κ1) is 19.7. The molecular formula is C25H25N3O3. The van der Waals surface area contributed by atoms with Gasteiger partial charge in [-0.25, -0.2) is 0 Å². The third-order valence-electron chi connectivity index (χ3n) is 6.50. The number of hydrogen-bond acceptors (Lipinski definition) is 5. The van der Waals surface area contributed by atoms with E-state index in [1.54, 1.807) is 31.6 Å². The number of amides is 1. The molecule has 31 heavy (non-hydrogen) atoms. The van der Waals surface area contributed by atoms with Crippen molar-refractivity contribution in [2.45, 2.75) is 24.5 Å². The number of anilines is 1. The molecule has 3 heterocycles. The fraction of sp³-hybridized carbons (Fsp3) is 0.280. The number of nitrogens with zero attached hydrogens (tertiary/aromatic N) is 3. The summed E-state index contributed by atoms with van der Waals surface area (Å²) in [5.74, 6) is 0.994. The van der Waals surface area contributed by atoms with Gasteiger partial charge in [-0.3, -0.25) is 14.7 Å². The lowest BCUT2D eigenvalue weighted by Gasteiger charge is -2.59. The summed E-state index contributed by atoms with van der Waals surface area (Å²) in [6.07, 6.45) is 3.29. The summed E-state index contributed by atoms with van der Waals surface area (Å²) in [7, 11) is 1.66. The molecule has 0 unspecified atom stereocenters. The van der Waals surface area contributed by atoms with E-state index in [0.29, 0.717) is 18.7 Å². The van der Waals surface area contributed by atoms with Crippen molar-refractivity contribution in [3.05, 3.63) is 89.7 Å². The lowest BCUT2D eigenvalue weighted by Crippen LogP contribution is -2.68. The molecule has 6 heteroatoms. The topological polar surface area (TPSA) is 65.9 Å². The van der Waals surface area contributed by atoms with Crippen LogP contribution in [0.3, 0.4) is 0 Å². The van der Waals surface area contributed by atoms with Gasteiger partial charge in [-0.15, -0.1) is 0 Å². The van der Waals surface area contributed by atoms with Gasteiger partial charge in [0.2, 0.25) is 0 Å². The molecule has 0 spiro atoms. The Kier molecular flexibility index (Phi) is 5.18. The Morgan fingerprint density at radius 3 is 2.71 bits per heavy atom. The number of methoxy groups -OCH3 is 1. The van der Waals surface area contributed by atoms with Crippen molar-refractivity contribution in [3.8, 4) is 5.75 Å². The molecule has 0 saturated carbocycles. The predicted molar refractivity (Wildman–Crippen MR) is 118 cm³/mol. The van der Waals surface area contributed by atoms with Gasteiger partial charge in [0.1, 0.15) is 5.75 Å². The van der Waals surface area contributed by atoms with Gasteiger partial charge in [-0.2, -0.15) is 0 Å². The molecule has 5 rings (SSSR count). The van der Waals surface area contributed by atoms with Crippen molar-refractivity contribution in [2.24, 2.45) is 0 Å².